The Kier molecular flexibility index (Phi) is 4.97. The van der Waals surface area contributed by atoms with Gasteiger partial charge in [0.05, 0.1) is 14.2 Å². The Labute approximate surface area is 116 Å². The van der Waals surface area contributed by atoms with Crippen molar-refractivity contribution < 1.29 is 23.2 Å². The van der Waals surface area contributed by atoms with Crippen molar-refractivity contribution in [3.63, 3.8) is 0 Å². The lowest BCUT2D eigenvalue weighted by molar-refractivity contribution is -0.142. The smallest absolute Gasteiger partial charge is 0.305 e. The molecule has 0 aromatic carbocycles. The Morgan fingerprint density at radius 2 is 1.21 bits per heavy atom. The molecule has 0 unspecified atom stereocenters. The maximum Gasteiger partial charge on any atom is 0.305 e. The van der Waals surface area contributed by atoms with Crippen LogP contribution < -0.4 is 0 Å². The molecule has 1 heterocycles. The summed E-state index contributed by atoms with van der Waals surface area (Å²) in [6, 6.07) is 0. The van der Waals surface area contributed by atoms with Gasteiger partial charge in [-0.1, -0.05) is 0 Å². The number of carbonyl (C=O) groups is 2. The number of hydrogen-bond acceptors (Lipinski definition) is 5. The van der Waals surface area contributed by atoms with Gasteiger partial charge in [0, 0.05) is 12.8 Å². The summed E-state index contributed by atoms with van der Waals surface area (Å²) in [6.45, 7) is 8.47. The zero-order chi connectivity index (χ0) is 14.8. The topological polar surface area (TPSA) is 61.8 Å². The lowest BCUT2D eigenvalue weighted by atomic mass is 10.1. The van der Waals surface area contributed by atoms with Crippen molar-refractivity contribution in [2.75, 3.05) is 14.2 Å². The predicted octanol–water partition coefficient (Wildman–Crippen LogP) is 2.29. The van der Waals surface area contributed by atoms with Gasteiger partial charge in [-0.05, 0) is 37.3 Å². The van der Waals surface area contributed by atoms with E-state index in [1.54, 1.807) is 0 Å². The molecule has 0 aromatic heterocycles. The van der Waals surface area contributed by atoms with Gasteiger partial charge in [0.25, 0.3) is 0 Å². The quantitative estimate of drug-likeness (QED) is 0.589. The molecule has 1 saturated heterocycles. The molecule has 5 nitrogen and oxygen atoms in total. The van der Waals surface area contributed by atoms with Crippen molar-refractivity contribution in [2.45, 2.75) is 50.1 Å². The normalized spacial score (nSPS) is 27.9. The zero-order valence-electron chi connectivity index (χ0n) is 12.6. The van der Waals surface area contributed by atoms with E-state index in [1.165, 1.54) is 14.2 Å². The first-order valence-electron chi connectivity index (χ1n) is 6.48. The van der Waals surface area contributed by atoms with Crippen molar-refractivity contribution in [1.82, 2.24) is 0 Å². The van der Waals surface area contributed by atoms with Gasteiger partial charge in [-0.15, -0.1) is 0 Å². The maximum atomic E-state index is 11.6. The highest BCUT2D eigenvalue weighted by Gasteiger charge is 2.57. The molecule has 0 aromatic rings. The van der Waals surface area contributed by atoms with E-state index in [0.717, 1.165) is 0 Å². The highest BCUT2D eigenvalue weighted by atomic mass is 28.4. The SMILES string of the molecule is COC(=O)C[C@@H]1[C@@H](CC(=O)OC)[Si](C)(C)O[Si]1(C)C. The molecule has 0 spiro atoms. The van der Waals surface area contributed by atoms with E-state index in [1.807, 2.05) is 0 Å². The minimum Gasteiger partial charge on any atom is -0.469 e. The van der Waals surface area contributed by atoms with E-state index >= 15 is 0 Å². The van der Waals surface area contributed by atoms with Crippen LogP contribution in [0.1, 0.15) is 12.8 Å². The fourth-order valence-electron chi connectivity index (χ4n) is 3.10. The highest BCUT2D eigenvalue weighted by Crippen LogP contribution is 2.53. The van der Waals surface area contributed by atoms with Crippen LogP contribution in [-0.2, 0) is 23.2 Å². The van der Waals surface area contributed by atoms with Gasteiger partial charge in [0.15, 0.2) is 16.6 Å². The molecule has 1 fully saturated rings. The lowest BCUT2D eigenvalue weighted by Crippen LogP contribution is -2.36. The summed E-state index contributed by atoms with van der Waals surface area (Å²) in [5.41, 5.74) is 0.251. The van der Waals surface area contributed by atoms with Crippen LogP contribution in [-0.4, -0.2) is 42.8 Å². The van der Waals surface area contributed by atoms with Crippen LogP contribution >= 0.6 is 0 Å². The van der Waals surface area contributed by atoms with Gasteiger partial charge in [-0.3, -0.25) is 9.59 Å². The largest absolute Gasteiger partial charge is 0.469 e. The van der Waals surface area contributed by atoms with Crippen molar-refractivity contribution in [1.29, 1.82) is 0 Å². The van der Waals surface area contributed by atoms with Crippen molar-refractivity contribution in [3.05, 3.63) is 0 Å². The van der Waals surface area contributed by atoms with Gasteiger partial charge in [-0.25, -0.2) is 0 Å². The molecular weight excluding hydrogens is 280 g/mol. The van der Waals surface area contributed by atoms with Gasteiger partial charge in [0.1, 0.15) is 0 Å². The summed E-state index contributed by atoms with van der Waals surface area (Å²) in [4.78, 5) is 23.2. The molecule has 7 heteroatoms. The van der Waals surface area contributed by atoms with Gasteiger partial charge < -0.3 is 13.6 Å². The van der Waals surface area contributed by atoms with Crippen LogP contribution in [0.2, 0.25) is 37.3 Å². The number of ether oxygens (including phenoxy) is 2. The van der Waals surface area contributed by atoms with Crippen molar-refractivity contribution in [2.24, 2.45) is 0 Å². The Bertz CT molecular complexity index is 333. The number of methoxy groups -OCH3 is 2. The van der Waals surface area contributed by atoms with E-state index in [4.69, 9.17) is 13.6 Å². The van der Waals surface area contributed by atoms with Crippen molar-refractivity contribution in [3.8, 4) is 0 Å². The standard InChI is InChI=1S/C12H24O5Si2/c1-15-11(13)7-9-10(8-12(14)16-2)19(5,6)17-18(9,3)4/h9-10H,7-8H2,1-6H3/t9-,10-/m1/s1. The molecule has 0 amide bonds. The molecule has 110 valence electrons. The Hall–Kier alpha value is -0.666. The summed E-state index contributed by atoms with van der Waals surface area (Å²) in [7, 11) is -1.16. The minimum atomic E-state index is -1.97. The fourth-order valence-corrected chi connectivity index (χ4v) is 15.6. The summed E-state index contributed by atoms with van der Waals surface area (Å²) in [5.74, 6) is -0.452. The molecule has 0 saturated carbocycles. The van der Waals surface area contributed by atoms with Crippen LogP contribution in [0.15, 0.2) is 0 Å². The van der Waals surface area contributed by atoms with Crippen LogP contribution in [0.4, 0.5) is 0 Å². The zero-order valence-corrected chi connectivity index (χ0v) is 14.6. The molecule has 1 aliphatic heterocycles. The second kappa shape index (κ2) is 5.76. The number of esters is 2. The first-order chi connectivity index (χ1) is 8.64. The van der Waals surface area contributed by atoms with Crippen LogP contribution in [0.5, 0.6) is 0 Å². The monoisotopic (exact) mass is 304 g/mol. The third-order valence-electron chi connectivity index (χ3n) is 4.03. The molecule has 2 atom stereocenters. The summed E-state index contributed by atoms with van der Waals surface area (Å²) in [6.07, 6.45) is 0.682. The lowest BCUT2D eigenvalue weighted by Gasteiger charge is -2.26. The third-order valence-corrected chi connectivity index (χ3v) is 13.4. The van der Waals surface area contributed by atoms with E-state index in [0.29, 0.717) is 12.8 Å². The predicted molar refractivity (Wildman–Crippen MR) is 76.8 cm³/mol. The summed E-state index contributed by atoms with van der Waals surface area (Å²) in [5, 5.41) is 0. The first kappa shape index (κ1) is 16.4. The van der Waals surface area contributed by atoms with Gasteiger partial charge >= 0.3 is 11.9 Å². The van der Waals surface area contributed by atoms with E-state index in [9.17, 15) is 9.59 Å². The Morgan fingerprint density at radius 1 is 0.895 bits per heavy atom. The molecular formula is C12H24O5Si2. The number of rotatable bonds is 4. The van der Waals surface area contributed by atoms with Crippen LogP contribution in [0.25, 0.3) is 0 Å². The van der Waals surface area contributed by atoms with Gasteiger partial charge in [0.2, 0.25) is 0 Å². The molecule has 0 bridgehead atoms. The second-order valence-corrected chi connectivity index (χ2v) is 14.8. The van der Waals surface area contributed by atoms with E-state index in [-0.39, 0.29) is 23.0 Å². The molecule has 0 radical (unpaired) electrons. The average Bonchev–Trinajstić information content (AvgIpc) is 2.46. The minimum absolute atomic E-state index is 0.126. The summed E-state index contributed by atoms with van der Waals surface area (Å²) >= 11 is 0. The number of hydrogen-bond donors (Lipinski definition) is 0. The molecule has 0 aliphatic carbocycles. The highest BCUT2D eigenvalue weighted by molar-refractivity contribution is 6.91. The Balaban J connectivity index is 2.98. The van der Waals surface area contributed by atoms with Gasteiger partial charge in [-0.2, -0.15) is 0 Å². The molecule has 1 rings (SSSR count). The van der Waals surface area contributed by atoms with Crippen LogP contribution in [0.3, 0.4) is 0 Å². The van der Waals surface area contributed by atoms with E-state index < -0.39 is 16.6 Å². The molecule has 1 aliphatic rings. The van der Waals surface area contributed by atoms with E-state index in [2.05, 4.69) is 26.2 Å². The summed E-state index contributed by atoms with van der Waals surface area (Å²) < 4.78 is 15.9. The van der Waals surface area contributed by atoms with Crippen LogP contribution in [0, 0.1) is 0 Å². The second-order valence-electron chi connectivity index (χ2n) is 6.08. The first-order valence-corrected chi connectivity index (χ1v) is 12.4. The fraction of sp³-hybridized carbons (Fsp3) is 0.833. The molecule has 0 N–H and O–H groups in total. The maximum absolute atomic E-state index is 11.6. The Morgan fingerprint density at radius 3 is 1.47 bits per heavy atom. The number of carbonyl (C=O) groups excluding carboxylic acids is 2. The third kappa shape index (κ3) is 3.67. The average molecular weight is 304 g/mol. The van der Waals surface area contributed by atoms with Crippen molar-refractivity contribution >= 4 is 28.6 Å². The molecule has 19 heavy (non-hydrogen) atoms.